The number of methoxy groups -OCH3 is 3. The molecular formula is C18H19NO4. The van der Waals surface area contributed by atoms with Crippen molar-refractivity contribution < 1.29 is 19.0 Å². The second-order valence-corrected chi connectivity index (χ2v) is 4.63. The van der Waals surface area contributed by atoms with Crippen molar-refractivity contribution >= 4 is 17.7 Å². The Hall–Kier alpha value is -2.95. The van der Waals surface area contributed by atoms with Crippen molar-refractivity contribution in [2.45, 2.75) is 0 Å². The Morgan fingerprint density at radius 1 is 0.957 bits per heavy atom. The number of carbonyl (C=O) groups excluding carboxylic acids is 1. The molecule has 1 amide bonds. The first-order valence-electron chi connectivity index (χ1n) is 7.02. The van der Waals surface area contributed by atoms with Crippen LogP contribution in [-0.4, -0.2) is 27.2 Å². The number of hydrogen-bond donors (Lipinski definition) is 1. The molecule has 5 heteroatoms. The molecule has 0 saturated carbocycles. The number of amides is 1. The maximum absolute atomic E-state index is 12.1. The van der Waals surface area contributed by atoms with Crippen LogP contribution in [0.1, 0.15) is 5.56 Å². The van der Waals surface area contributed by atoms with Gasteiger partial charge in [-0.25, -0.2) is 0 Å². The quantitative estimate of drug-likeness (QED) is 0.831. The molecule has 0 bridgehead atoms. The lowest BCUT2D eigenvalue weighted by molar-refractivity contribution is -0.111. The van der Waals surface area contributed by atoms with E-state index in [2.05, 4.69) is 5.32 Å². The van der Waals surface area contributed by atoms with E-state index in [-0.39, 0.29) is 5.91 Å². The molecule has 0 unspecified atom stereocenters. The Morgan fingerprint density at radius 3 is 2.39 bits per heavy atom. The van der Waals surface area contributed by atoms with E-state index in [1.54, 1.807) is 45.6 Å². The summed E-state index contributed by atoms with van der Waals surface area (Å²) in [6, 6.07) is 12.7. The first kappa shape index (κ1) is 16.4. The van der Waals surface area contributed by atoms with E-state index in [9.17, 15) is 4.79 Å². The van der Waals surface area contributed by atoms with Crippen LogP contribution in [-0.2, 0) is 4.79 Å². The van der Waals surface area contributed by atoms with E-state index in [1.807, 2.05) is 24.3 Å². The predicted octanol–water partition coefficient (Wildman–Crippen LogP) is 3.36. The topological polar surface area (TPSA) is 56.8 Å². The molecule has 23 heavy (non-hydrogen) atoms. The molecule has 0 aliphatic carbocycles. The van der Waals surface area contributed by atoms with Gasteiger partial charge in [0.2, 0.25) is 5.91 Å². The van der Waals surface area contributed by atoms with Crippen LogP contribution in [0.25, 0.3) is 6.08 Å². The van der Waals surface area contributed by atoms with E-state index in [0.29, 0.717) is 22.9 Å². The second kappa shape index (κ2) is 7.89. The molecule has 0 aliphatic rings. The monoisotopic (exact) mass is 313 g/mol. The molecule has 0 aliphatic heterocycles. The van der Waals surface area contributed by atoms with Gasteiger partial charge in [0.1, 0.15) is 17.2 Å². The van der Waals surface area contributed by atoms with E-state index in [0.717, 1.165) is 5.56 Å². The van der Waals surface area contributed by atoms with Gasteiger partial charge in [0.25, 0.3) is 0 Å². The van der Waals surface area contributed by atoms with Gasteiger partial charge < -0.3 is 19.5 Å². The lowest BCUT2D eigenvalue weighted by atomic mass is 10.2. The average Bonchev–Trinajstić information content (AvgIpc) is 2.60. The van der Waals surface area contributed by atoms with Crippen LogP contribution in [0.3, 0.4) is 0 Å². The van der Waals surface area contributed by atoms with E-state index >= 15 is 0 Å². The van der Waals surface area contributed by atoms with Crippen molar-refractivity contribution in [3.05, 3.63) is 54.1 Å². The third-order valence-corrected chi connectivity index (χ3v) is 3.22. The van der Waals surface area contributed by atoms with E-state index in [1.165, 1.54) is 6.08 Å². The first-order chi connectivity index (χ1) is 11.2. The van der Waals surface area contributed by atoms with Crippen LogP contribution in [0.15, 0.2) is 48.5 Å². The minimum absolute atomic E-state index is 0.276. The summed E-state index contributed by atoms with van der Waals surface area (Å²) in [4.78, 5) is 12.1. The highest BCUT2D eigenvalue weighted by Gasteiger charge is 2.07. The van der Waals surface area contributed by atoms with Gasteiger partial charge in [0.15, 0.2) is 0 Å². The number of para-hydroxylation sites is 1. The highest BCUT2D eigenvalue weighted by atomic mass is 16.5. The minimum atomic E-state index is -0.276. The Balaban J connectivity index is 2.14. The molecule has 5 nitrogen and oxygen atoms in total. The van der Waals surface area contributed by atoms with Crippen molar-refractivity contribution in [2.24, 2.45) is 0 Å². The van der Waals surface area contributed by atoms with Gasteiger partial charge in [0.05, 0.1) is 27.0 Å². The number of carbonyl (C=O) groups is 1. The number of anilines is 1. The highest BCUT2D eigenvalue weighted by Crippen LogP contribution is 2.29. The zero-order valence-corrected chi connectivity index (χ0v) is 13.3. The number of benzene rings is 2. The maximum Gasteiger partial charge on any atom is 0.248 e. The standard InChI is InChI=1S/C18H19NO4/c1-21-14-9-10-17(23-3)15(12-14)19-18(20)11-8-13-6-4-5-7-16(13)22-2/h4-12H,1-3H3,(H,19,20). The molecule has 0 heterocycles. The number of rotatable bonds is 6. The fourth-order valence-electron chi connectivity index (χ4n) is 2.06. The van der Waals surface area contributed by atoms with Crippen LogP contribution in [0.4, 0.5) is 5.69 Å². The van der Waals surface area contributed by atoms with Gasteiger partial charge in [-0.05, 0) is 24.3 Å². The smallest absolute Gasteiger partial charge is 0.248 e. The van der Waals surface area contributed by atoms with Crippen molar-refractivity contribution in [1.82, 2.24) is 0 Å². The van der Waals surface area contributed by atoms with Crippen LogP contribution in [0, 0.1) is 0 Å². The van der Waals surface area contributed by atoms with Crippen molar-refractivity contribution in [3.8, 4) is 17.2 Å². The van der Waals surface area contributed by atoms with Gasteiger partial charge in [-0.3, -0.25) is 4.79 Å². The molecule has 0 fully saturated rings. The summed E-state index contributed by atoms with van der Waals surface area (Å²) in [6.07, 6.45) is 3.14. The molecule has 0 spiro atoms. The molecule has 0 radical (unpaired) electrons. The van der Waals surface area contributed by atoms with Crippen LogP contribution < -0.4 is 19.5 Å². The molecule has 120 valence electrons. The summed E-state index contributed by atoms with van der Waals surface area (Å²) in [5.74, 6) is 1.62. The Kier molecular flexibility index (Phi) is 5.63. The normalized spacial score (nSPS) is 10.4. The Bertz CT molecular complexity index is 710. The van der Waals surface area contributed by atoms with E-state index in [4.69, 9.17) is 14.2 Å². The lowest BCUT2D eigenvalue weighted by Crippen LogP contribution is -2.09. The fraction of sp³-hybridized carbons (Fsp3) is 0.167. The van der Waals surface area contributed by atoms with Gasteiger partial charge in [-0.2, -0.15) is 0 Å². The van der Waals surface area contributed by atoms with Crippen molar-refractivity contribution in [2.75, 3.05) is 26.6 Å². The molecule has 2 aromatic rings. The maximum atomic E-state index is 12.1. The average molecular weight is 313 g/mol. The summed E-state index contributed by atoms with van der Waals surface area (Å²) in [6.45, 7) is 0. The van der Waals surface area contributed by atoms with Gasteiger partial charge in [-0.1, -0.05) is 18.2 Å². The second-order valence-electron chi connectivity index (χ2n) is 4.63. The predicted molar refractivity (Wildman–Crippen MR) is 90.2 cm³/mol. The third-order valence-electron chi connectivity index (χ3n) is 3.22. The summed E-state index contributed by atoms with van der Waals surface area (Å²) >= 11 is 0. The molecule has 1 N–H and O–H groups in total. The summed E-state index contributed by atoms with van der Waals surface area (Å²) in [5.41, 5.74) is 1.37. The van der Waals surface area contributed by atoms with Crippen molar-refractivity contribution in [3.63, 3.8) is 0 Å². The number of hydrogen-bond acceptors (Lipinski definition) is 4. The van der Waals surface area contributed by atoms with Gasteiger partial charge >= 0.3 is 0 Å². The first-order valence-corrected chi connectivity index (χ1v) is 7.02. The number of nitrogens with one attached hydrogen (secondary N) is 1. The van der Waals surface area contributed by atoms with E-state index < -0.39 is 0 Å². The molecule has 2 rings (SSSR count). The SMILES string of the molecule is COc1ccc(OC)c(NC(=O)C=Cc2ccccc2OC)c1. The largest absolute Gasteiger partial charge is 0.497 e. The Labute approximate surface area is 135 Å². The molecule has 2 aromatic carbocycles. The third kappa shape index (κ3) is 4.26. The zero-order chi connectivity index (χ0) is 16.7. The van der Waals surface area contributed by atoms with Gasteiger partial charge in [-0.15, -0.1) is 0 Å². The molecule has 0 saturated heterocycles. The Morgan fingerprint density at radius 2 is 1.70 bits per heavy atom. The van der Waals surface area contributed by atoms with Crippen LogP contribution in [0.2, 0.25) is 0 Å². The van der Waals surface area contributed by atoms with Crippen molar-refractivity contribution in [1.29, 1.82) is 0 Å². The minimum Gasteiger partial charge on any atom is -0.497 e. The summed E-state index contributed by atoms with van der Waals surface area (Å²) in [7, 11) is 4.70. The molecule has 0 aromatic heterocycles. The molecule has 0 atom stereocenters. The number of ether oxygens (including phenoxy) is 3. The van der Waals surface area contributed by atoms with Gasteiger partial charge in [0, 0.05) is 17.7 Å². The van der Waals surface area contributed by atoms with Crippen LogP contribution in [0.5, 0.6) is 17.2 Å². The zero-order valence-electron chi connectivity index (χ0n) is 13.3. The molecular weight excluding hydrogens is 294 g/mol. The summed E-state index contributed by atoms with van der Waals surface area (Å²) < 4.78 is 15.6. The lowest BCUT2D eigenvalue weighted by Gasteiger charge is -2.10. The highest BCUT2D eigenvalue weighted by molar-refractivity contribution is 6.03. The summed E-state index contributed by atoms with van der Waals surface area (Å²) in [5, 5.41) is 2.77. The fourth-order valence-corrected chi connectivity index (χ4v) is 2.06. The van der Waals surface area contributed by atoms with Crippen LogP contribution >= 0.6 is 0 Å².